The topological polar surface area (TPSA) is 105 Å². The van der Waals surface area contributed by atoms with Crippen LogP contribution in [0.15, 0.2) is 24.7 Å². The average Bonchev–Trinajstić information content (AvgIpc) is 3.39. The normalized spacial score (nSPS) is 18.5. The van der Waals surface area contributed by atoms with Crippen LogP contribution in [0, 0.1) is 12.8 Å². The molecule has 0 spiro atoms. The summed E-state index contributed by atoms with van der Waals surface area (Å²) in [7, 11) is 3.60. The molecule has 4 aromatic heterocycles. The summed E-state index contributed by atoms with van der Waals surface area (Å²) in [6.45, 7) is 1.27. The Labute approximate surface area is 201 Å². The third kappa shape index (κ3) is 4.54. The lowest BCUT2D eigenvalue weighted by molar-refractivity contribution is -0.133. The van der Waals surface area contributed by atoms with Gasteiger partial charge in [-0.15, -0.1) is 0 Å². The monoisotopic (exact) mass is 482 g/mol. The second-order valence-electron chi connectivity index (χ2n) is 9.31. The standard InChI is InChI=1S/C24H28F2N8O/c1-13-30-22-19(34(13)12-20(25)26)8-15(9-27-22)17-10-28-21-18(17)11-29-24(32-21)31-16-6-4-14(5-7-16)23(35)33(2)3/h8-11,14,16,20H,4-7,12H2,1-3H3,(H2,28,29,31,32)/t14-,16+. The predicted octanol–water partition coefficient (Wildman–Crippen LogP) is 4.00. The summed E-state index contributed by atoms with van der Waals surface area (Å²) in [5, 5.41) is 4.21. The second-order valence-corrected chi connectivity index (χ2v) is 9.31. The molecule has 35 heavy (non-hydrogen) atoms. The summed E-state index contributed by atoms with van der Waals surface area (Å²) in [6, 6.07) is 2.05. The fraction of sp³-hybridized carbons (Fsp3) is 0.458. The molecular formula is C24H28F2N8O. The number of aromatic nitrogens is 6. The van der Waals surface area contributed by atoms with E-state index >= 15 is 0 Å². The molecule has 1 aliphatic carbocycles. The second kappa shape index (κ2) is 9.20. The third-order valence-electron chi connectivity index (χ3n) is 6.71. The molecule has 1 amide bonds. The highest BCUT2D eigenvalue weighted by Crippen LogP contribution is 2.31. The quantitative estimate of drug-likeness (QED) is 0.430. The number of nitrogens with zero attached hydrogens (tertiary/aromatic N) is 6. The highest BCUT2D eigenvalue weighted by atomic mass is 19.3. The minimum Gasteiger partial charge on any atom is -0.351 e. The number of hydrogen-bond donors (Lipinski definition) is 2. The fourth-order valence-corrected chi connectivity index (χ4v) is 4.88. The Hall–Kier alpha value is -3.63. The Bertz CT molecular complexity index is 1370. The molecule has 4 aromatic rings. The summed E-state index contributed by atoms with van der Waals surface area (Å²) in [6.07, 6.45) is 6.25. The van der Waals surface area contributed by atoms with Crippen LogP contribution in [0.4, 0.5) is 14.7 Å². The largest absolute Gasteiger partial charge is 0.351 e. The van der Waals surface area contributed by atoms with Gasteiger partial charge in [0.1, 0.15) is 11.5 Å². The van der Waals surface area contributed by atoms with Crippen molar-refractivity contribution in [1.82, 2.24) is 34.4 Å². The first-order valence-corrected chi connectivity index (χ1v) is 11.7. The van der Waals surface area contributed by atoms with Crippen LogP contribution in [-0.4, -0.2) is 66.9 Å². The number of aromatic amines is 1. The van der Waals surface area contributed by atoms with Crippen LogP contribution in [0.1, 0.15) is 31.5 Å². The number of anilines is 1. The van der Waals surface area contributed by atoms with Crippen LogP contribution in [0.3, 0.4) is 0 Å². The summed E-state index contributed by atoms with van der Waals surface area (Å²) < 4.78 is 27.6. The van der Waals surface area contributed by atoms with E-state index in [0.717, 1.165) is 42.2 Å². The van der Waals surface area contributed by atoms with E-state index in [-0.39, 0.29) is 17.9 Å². The van der Waals surface area contributed by atoms with Gasteiger partial charge in [-0.1, -0.05) is 0 Å². The lowest BCUT2D eigenvalue weighted by Gasteiger charge is -2.29. The van der Waals surface area contributed by atoms with Crippen LogP contribution >= 0.6 is 0 Å². The van der Waals surface area contributed by atoms with E-state index in [2.05, 4.69) is 30.2 Å². The smallest absolute Gasteiger partial charge is 0.256 e. The van der Waals surface area contributed by atoms with Crippen LogP contribution in [0.2, 0.25) is 0 Å². The zero-order chi connectivity index (χ0) is 24.7. The number of halogens is 2. The summed E-state index contributed by atoms with van der Waals surface area (Å²) in [5.41, 5.74) is 3.29. The van der Waals surface area contributed by atoms with Gasteiger partial charge in [-0.05, 0) is 38.7 Å². The van der Waals surface area contributed by atoms with Gasteiger partial charge in [-0.25, -0.2) is 23.7 Å². The SMILES string of the molecule is Cc1nc2ncc(-c3c[nH]c4nc(N[C@H]5CC[C@@H](C(=O)N(C)C)CC5)ncc34)cc2n1CC(F)F. The maximum Gasteiger partial charge on any atom is 0.256 e. The van der Waals surface area contributed by atoms with Gasteiger partial charge in [0.2, 0.25) is 11.9 Å². The van der Waals surface area contributed by atoms with E-state index in [9.17, 15) is 13.6 Å². The van der Waals surface area contributed by atoms with Crippen molar-refractivity contribution in [3.05, 3.63) is 30.5 Å². The molecule has 1 aliphatic rings. The number of pyridine rings is 1. The van der Waals surface area contributed by atoms with E-state index in [1.807, 2.05) is 12.3 Å². The molecule has 11 heteroatoms. The first kappa shape index (κ1) is 23.1. The molecule has 0 radical (unpaired) electrons. The van der Waals surface area contributed by atoms with Crippen molar-refractivity contribution in [1.29, 1.82) is 0 Å². The molecular weight excluding hydrogens is 454 g/mol. The van der Waals surface area contributed by atoms with E-state index < -0.39 is 13.0 Å². The number of amides is 1. The van der Waals surface area contributed by atoms with Crippen molar-refractivity contribution >= 4 is 34.1 Å². The molecule has 0 saturated heterocycles. The van der Waals surface area contributed by atoms with Crippen molar-refractivity contribution in [3.8, 4) is 11.1 Å². The molecule has 2 N–H and O–H groups in total. The molecule has 0 aliphatic heterocycles. The van der Waals surface area contributed by atoms with E-state index in [1.165, 1.54) is 4.57 Å². The van der Waals surface area contributed by atoms with Crippen molar-refractivity contribution in [2.75, 3.05) is 19.4 Å². The Morgan fingerprint density at radius 2 is 1.97 bits per heavy atom. The minimum atomic E-state index is -2.48. The van der Waals surface area contributed by atoms with Gasteiger partial charge in [0, 0.05) is 61.2 Å². The van der Waals surface area contributed by atoms with Gasteiger partial charge in [-0.2, -0.15) is 4.98 Å². The third-order valence-corrected chi connectivity index (χ3v) is 6.71. The molecule has 9 nitrogen and oxygen atoms in total. The molecule has 184 valence electrons. The lowest BCUT2D eigenvalue weighted by Crippen LogP contribution is -2.35. The van der Waals surface area contributed by atoms with E-state index in [0.29, 0.717) is 28.6 Å². The molecule has 0 aromatic carbocycles. The number of alkyl halides is 2. The molecule has 1 fully saturated rings. The first-order valence-electron chi connectivity index (χ1n) is 11.7. The highest BCUT2D eigenvalue weighted by Gasteiger charge is 2.27. The zero-order valence-corrected chi connectivity index (χ0v) is 19.9. The van der Waals surface area contributed by atoms with Crippen molar-refractivity contribution in [2.24, 2.45) is 5.92 Å². The van der Waals surface area contributed by atoms with Crippen molar-refractivity contribution < 1.29 is 13.6 Å². The Morgan fingerprint density at radius 1 is 1.20 bits per heavy atom. The number of carbonyl (C=O) groups is 1. The van der Waals surface area contributed by atoms with Crippen LogP contribution in [0.25, 0.3) is 33.3 Å². The number of H-pyrrole nitrogens is 1. The van der Waals surface area contributed by atoms with Crippen LogP contribution in [0.5, 0.6) is 0 Å². The molecule has 4 heterocycles. The van der Waals surface area contributed by atoms with Gasteiger partial charge in [-0.3, -0.25) is 4.79 Å². The summed E-state index contributed by atoms with van der Waals surface area (Å²) in [4.78, 5) is 34.9. The minimum absolute atomic E-state index is 0.0872. The number of hydrogen-bond acceptors (Lipinski definition) is 6. The van der Waals surface area contributed by atoms with Gasteiger partial charge < -0.3 is 19.8 Å². The molecule has 0 bridgehead atoms. The number of aryl methyl sites for hydroxylation is 1. The number of imidazole rings is 1. The molecule has 0 atom stereocenters. The average molecular weight is 483 g/mol. The molecule has 5 rings (SSSR count). The maximum absolute atomic E-state index is 13.1. The van der Waals surface area contributed by atoms with Gasteiger partial charge >= 0.3 is 0 Å². The Balaban J connectivity index is 1.35. The zero-order valence-electron chi connectivity index (χ0n) is 19.9. The Kier molecular flexibility index (Phi) is 6.08. The number of fused-ring (bicyclic) bond motifs is 2. The summed E-state index contributed by atoms with van der Waals surface area (Å²) in [5.74, 6) is 1.32. The van der Waals surface area contributed by atoms with Crippen LogP contribution < -0.4 is 5.32 Å². The lowest BCUT2D eigenvalue weighted by atomic mass is 9.85. The van der Waals surface area contributed by atoms with Gasteiger partial charge in [0.15, 0.2) is 5.65 Å². The first-order chi connectivity index (χ1) is 16.8. The van der Waals surface area contributed by atoms with E-state index in [4.69, 9.17) is 0 Å². The van der Waals surface area contributed by atoms with Crippen molar-refractivity contribution in [2.45, 2.75) is 51.6 Å². The maximum atomic E-state index is 13.1. The van der Waals surface area contributed by atoms with Crippen molar-refractivity contribution in [3.63, 3.8) is 0 Å². The fourth-order valence-electron chi connectivity index (χ4n) is 4.88. The molecule has 1 saturated carbocycles. The van der Waals surface area contributed by atoms with Gasteiger partial charge in [0.25, 0.3) is 6.43 Å². The van der Waals surface area contributed by atoms with Gasteiger partial charge in [0.05, 0.1) is 12.1 Å². The Morgan fingerprint density at radius 3 is 2.69 bits per heavy atom. The number of nitrogens with one attached hydrogen (secondary N) is 2. The van der Waals surface area contributed by atoms with E-state index in [1.54, 1.807) is 38.3 Å². The molecule has 0 unspecified atom stereocenters. The van der Waals surface area contributed by atoms with Crippen LogP contribution in [-0.2, 0) is 11.3 Å². The highest BCUT2D eigenvalue weighted by molar-refractivity contribution is 5.95. The summed E-state index contributed by atoms with van der Waals surface area (Å²) >= 11 is 0. The predicted molar refractivity (Wildman–Crippen MR) is 129 cm³/mol. The number of rotatable bonds is 6. The number of carbonyl (C=O) groups excluding carboxylic acids is 1.